The lowest BCUT2D eigenvalue weighted by Crippen LogP contribution is -2.19. The molecule has 2 nitrogen and oxygen atoms in total. The average molecular weight is 153 g/mol. The van der Waals surface area contributed by atoms with Gasteiger partial charge in [-0.25, -0.2) is 0 Å². The Balaban J connectivity index is 3.06. The van der Waals surface area contributed by atoms with Crippen LogP contribution in [0, 0.1) is 0 Å². The summed E-state index contributed by atoms with van der Waals surface area (Å²) in [6, 6.07) is 0. The standard InChI is InChI=1S/C6H13ClO2/c1-5(2)9-4-6(8)3-7/h5-6,8H,3-4H2,1-2H3. The molecule has 0 aliphatic heterocycles. The van der Waals surface area contributed by atoms with Crippen LogP contribution in [0.5, 0.6) is 0 Å². The lowest BCUT2D eigenvalue weighted by Gasteiger charge is -2.09. The molecular formula is C6H13ClO2. The fourth-order valence-electron chi connectivity index (χ4n) is 0.348. The van der Waals surface area contributed by atoms with Crippen molar-refractivity contribution in [2.75, 3.05) is 12.5 Å². The van der Waals surface area contributed by atoms with Gasteiger partial charge < -0.3 is 9.84 Å². The molecule has 0 spiro atoms. The lowest BCUT2D eigenvalue weighted by atomic mass is 10.4. The highest BCUT2D eigenvalue weighted by molar-refractivity contribution is 6.18. The summed E-state index contributed by atoms with van der Waals surface area (Å²) in [6.45, 7) is 4.17. The maximum atomic E-state index is 8.85. The van der Waals surface area contributed by atoms with Crippen LogP contribution in [-0.2, 0) is 4.74 Å². The second kappa shape index (κ2) is 5.03. The van der Waals surface area contributed by atoms with Crippen LogP contribution >= 0.6 is 11.6 Å². The number of alkyl halides is 1. The zero-order valence-corrected chi connectivity index (χ0v) is 6.56. The van der Waals surface area contributed by atoms with Crippen LogP contribution in [0.3, 0.4) is 0 Å². The Labute approximate surface area is 60.8 Å². The molecule has 0 saturated heterocycles. The highest BCUT2D eigenvalue weighted by Crippen LogP contribution is 1.92. The van der Waals surface area contributed by atoms with E-state index in [4.69, 9.17) is 21.4 Å². The van der Waals surface area contributed by atoms with Gasteiger partial charge in [0, 0.05) is 0 Å². The van der Waals surface area contributed by atoms with Crippen LogP contribution in [0.15, 0.2) is 0 Å². The molecule has 9 heavy (non-hydrogen) atoms. The maximum Gasteiger partial charge on any atom is 0.0908 e. The molecule has 0 aliphatic carbocycles. The van der Waals surface area contributed by atoms with Gasteiger partial charge in [0.1, 0.15) is 0 Å². The number of hydrogen-bond donors (Lipinski definition) is 1. The molecule has 3 heteroatoms. The molecule has 0 radical (unpaired) electrons. The van der Waals surface area contributed by atoms with Crippen molar-refractivity contribution < 1.29 is 9.84 Å². The maximum absolute atomic E-state index is 8.85. The third-order valence-electron chi connectivity index (χ3n) is 0.800. The smallest absolute Gasteiger partial charge is 0.0908 e. The highest BCUT2D eigenvalue weighted by Gasteiger charge is 2.01. The predicted molar refractivity (Wildman–Crippen MR) is 37.8 cm³/mol. The summed E-state index contributed by atoms with van der Waals surface area (Å²) in [5, 5.41) is 8.85. The molecule has 0 heterocycles. The van der Waals surface area contributed by atoms with Gasteiger partial charge in [-0.15, -0.1) is 11.6 Å². The van der Waals surface area contributed by atoms with Crippen molar-refractivity contribution in [3.05, 3.63) is 0 Å². The van der Waals surface area contributed by atoms with Crippen molar-refractivity contribution in [2.24, 2.45) is 0 Å². The van der Waals surface area contributed by atoms with Gasteiger partial charge in [-0.05, 0) is 13.8 Å². The Bertz CT molecular complexity index is 66.1. The van der Waals surface area contributed by atoms with Gasteiger partial charge in [0.25, 0.3) is 0 Å². The Morgan fingerprint density at radius 3 is 2.44 bits per heavy atom. The van der Waals surface area contributed by atoms with Crippen molar-refractivity contribution in [1.29, 1.82) is 0 Å². The van der Waals surface area contributed by atoms with Gasteiger partial charge in [-0.1, -0.05) is 0 Å². The lowest BCUT2D eigenvalue weighted by molar-refractivity contribution is 0.0147. The van der Waals surface area contributed by atoms with Crippen molar-refractivity contribution in [1.82, 2.24) is 0 Å². The summed E-state index contributed by atoms with van der Waals surface area (Å²) >= 11 is 5.31. The van der Waals surface area contributed by atoms with E-state index < -0.39 is 6.10 Å². The first-order valence-corrected chi connectivity index (χ1v) is 3.56. The average Bonchev–Trinajstić information content (AvgIpc) is 1.83. The number of ether oxygens (including phenoxy) is 1. The third kappa shape index (κ3) is 6.09. The van der Waals surface area contributed by atoms with E-state index in [1.165, 1.54) is 0 Å². The number of aliphatic hydroxyl groups excluding tert-OH is 1. The van der Waals surface area contributed by atoms with E-state index in [2.05, 4.69) is 0 Å². The van der Waals surface area contributed by atoms with Gasteiger partial charge in [0.15, 0.2) is 0 Å². The molecule has 0 saturated carbocycles. The Morgan fingerprint density at radius 1 is 1.56 bits per heavy atom. The summed E-state index contributed by atoms with van der Waals surface area (Å²) in [4.78, 5) is 0. The molecule has 0 amide bonds. The van der Waals surface area contributed by atoms with Gasteiger partial charge in [-0.3, -0.25) is 0 Å². The van der Waals surface area contributed by atoms with Crippen LogP contribution in [0.2, 0.25) is 0 Å². The number of hydrogen-bond acceptors (Lipinski definition) is 2. The zero-order chi connectivity index (χ0) is 7.28. The molecule has 0 rings (SSSR count). The Kier molecular flexibility index (Phi) is 5.15. The third-order valence-corrected chi connectivity index (χ3v) is 1.16. The minimum atomic E-state index is -0.519. The molecule has 0 fully saturated rings. The molecular weight excluding hydrogens is 140 g/mol. The molecule has 1 unspecified atom stereocenters. The molecule has 0 aromatic heterocycles. The first-order chi connectivity index (χ1) is 4.16. The van der Waals surface area contributed by atoms with E-state index >= 15 is 0 Å². The van der Waals surface area contributed by atoms with Crippen molar-refractivity contribution in [3.63, 3.8) is 0 Å². The van der Waals surface area contributed by atoms with Crippen molar-refractivity contribution in [3.8, 4) is 0 Å². The van der Waals surface area contributed by atoms with Gasteiger partial charge >= 0.3 is 0 Å². The van der Waals surface area contributed by atoms with E-state index in [0.717, 1.165) is 0 Å². The second-order valence-electron chi connectivity index (χ2n) is 2.19. The summed E-state index contributed by atoms with van der Waals surface area (Å²) in [5.74, 6) is 0.243. The van der Waals surface area contributed by atoms with E-state index in [1.807, 2.05) is 13.8 Å². The van der Waals surface area contributed by atoms with Crippen LogP contribution in [0.1, 0.15) is 13.8 Å². The van der Waals surface area contributed by atoms with Crippen LogP contribution in [0.25, 0.3) is 0 Å². The number of aliphatic hydroxyl groups is 1. The van der Waals surface area contributed by atoms with Crippen molar-refractivity contribution in [2.45, 2.75) is 26.1 Å². The first kappa shape index (κ1) is 9.21. The van der Waals surface area contributed by atoms with Gasteiger partial charge in [0.05, 0.1) is 24.7 Å². The Morgan fingerprint density at radius 2 is 2.11 bits per heavy atom. The minimum Gasteiger partial charge on any atom is -0.389 e. The highest BCUT2D eigenvalue weighted by atomic mass is 35.5. The fraction of sp³-hybridized carbons (Fsp3) is 1.00. The summed E-state index contributed by atoms with van der Waals surface area (Å²) in [6.07, 6.45) is -0.350. The van der Waals surface area contributed by atoms with Crippen LogP contribution < -0.4 is 0 Å². The molecule has 1 atom stereocenters. The summed E-state index contributed by atoms with van der Waals surface area (Å²) in [7, 11) is 0. The van der Waals surface area contributed by atoms with Crippen LogP contribution in [0.4, 0.5) is 0 Å². The number of halogens is 1. The van der Waals surface area contributed by atoms with Gasteiger partial charge in [0.2, 0.25) is 0 Å². The van der Waals surface area contributed by atoms with E-state index in [0.29, 0.717) is 6.61 Å². The zero-order valence-electron chi connectivity index (χ0n) is 5.80. The predicted octanol–water partition coefficient (Wildman–Crippen LogP) is 1.01. The molecule has 56 valence electrons. The second-order valence-corrected chi connectivity index (χ2v) is 2.50. The summed E-state index contributed by atoms with van der Waals surface area (Å²) in [5.41, 5.74) is 0. The fourth-order valence-corrected chi connectivity index (χ4v) is 0.437. The van der Waals surface area contributed by atoms with E-state index in [1.54, 1.807) is 0 Å². The van der Waals surface area contributed by atoms with Crippen molar-refractivity contribution >= 4 is 11.6 Å². The normalized spacial score (nSPS) is 14.3. The Hall–Kier alpha value is 0.210. The monoisotopic (exact) mass is 152 g/mol. The number of rotatable bonds is 4. The summed E-state index contributed by atoms with van der Waals surface area (Å²) < 4.78 is 5.06. The van der Waals surface area contributed by atoms with Crippen LogP contribution in [-0.4, -0.2) is 29.8 Å². The first-order valence-electron chi connectivity index (χ1n) is 3.02. The van der Waals surface area contributed by atoms with E-state index in [9.17, 15) is 0 Å². The molecule has 0 aromatic carbocycles. The minimum absolute atomic E-state index is 0.169. The topological polar surface area (TPSA) is 29.5 Å². The molecule has 0 bridgehead atoms. The van der Waals surface area contributed by atoms with E-state index in [-0.39, 0.29) is 12.0 Å². The molecule has 0 aliphatic rings. The van der Waals surface area contributed by atoms with Gasteiger partial charge in [-0.2, -0.15) is 0 Å². The molecule has 0 aromatic rings. The molecule has 1 N–H and O–H groups in total. The SMILES string of the molecule is CC(C)OCC(O)CCl. The quantitative estimate of drug-likeness (QED) is 0.610. The largest absolute Gasteiger partial charge is 0.389 e.